The molecule has 1 aromatic rings. The van der Waals surface area contributed by atoms with Crippen LogP contribution in [0.15, 0.2) is 23.1 Å². The standard InChI is InChI=1S/C23H34FNO6S/c1-23(2,3)31-22(27)25-8-6-16(7-9-25)20-12-18(20)15-30-14-17-4-5-19(13-21(17)24)32(28,29)11-10-26/h4-5,13,16,18,20,26H,6-12,14-15H2,1-3H3/t18-,20+/m0/s1. The molecule has 2 fully saturated rings. The van der Waals surface area contributed by atoms with E-state index < -0.39 is 33.6 Å². The lowest BCUT2D eigenvalue weighted by Crippen LogP contribution is -2.42. The number of piperidine rings is 1. The van der Waals surface area contributed by atoms with Crippen LogP contribution in [0.5, 0.6) is 0 Å². The molecule has 180 valence electrons. The van der Waals surface area contributed by atoms with Crippen LogP contribution in [-0.4, -0.2) is 62.2 Å². The van der Waals surface area contributed by atoms with Crippen LogP contribution in [0.4, 0.5) is 9.18 Å². The Hall–Kier alpha value is -1.71. The van der Waals surface area contributed by atoms with Gasteiger partial charge in [0.1, 0.15) is 11.4 Å². The molecule has 0 spiro atoms. The van der Waals surface area contributed by atoms with Crippen molar-refractivity contribution in [2.45, 2.75) is 57.1 Å². The van der Waals surface area contributed by atoms with E-state index in [4.69, 9.17) is 14.6 Å². The fraction of sp³-hybridized carbons (Fsp3) is 0.696. The fourth-order valence-corrected chi connectivity index (χ4v) is 5.31. The Balaban J connectivity index is 1.40. The summed E-state index contributed by atoms with van der Waals surface area (Å²) in [5, 5.41) is 8.84. The Bertz CT molecular complexity index is 906. The van der Waals surface area contributed by atoms with Crippen LogP contribution in [0.25, 0.3) is 0 Å². The van der Waals surface area contributed by atoms with Crippen LogP contribution in [0.2, 0.25) is 0 Å². The fourth-order valence-electron chi connectivity index (χ4n) is 4.27. The zero-order valence-electron chi connectivity index (χ0n) is 19.0. The molecular formula is C23H34FNO6S. The van der Waals surface area contributed by atoms with E-state index >= 15 is 0 Å². The topological polar surface area (TPSA) is 93.1 Å². The van der Waals surface area contributed by atoms with Crippen LogP contribution in [0.3, 0.4) is 0 Å². The van der Waals surface area contributed by atoms with Crippen molar-refractivity contribution < 1.29 is 32.2 Å². The van der Waals surface area contributed by atoms with Gasteiger partial charge in [-0.15, -0.1) is 0 Å². The summed E-state index contributed by atoms with van der Waals surface area (Å²) in [5.41, 5.74) is -0.170. The second-order valence-corrected chi connectivity index (χ2v) is 11.9. The van der Waals surface area contributed by atoms with E-state index in [1.54, 1.807) is 4.90 Å². The molecule has 0 aromatic heterocycles. The van der Waals surface area contributed by atoms with Crippen molar-refractivity contribution in [3.05, 3.63) is 29.6 Å². The summed E-state index contributed by atoms with van der Waals surface area (Å²) in [4.78, 5) is 13.8. The van der Waals surface area contributed by atoms with Gasteiger partial charge in [-0.25, -0.2) is 17.6 Å². The minimum atomic E-state index is -3.68. The van der Waals surface area contributed by atoms with Crippen molar-refractivity contribution in [3.8, 4) is 0 Å². The summed E-state index contributed by atoms with van der Waals surface area (Å²) in [6.07, 6.45) is 2.75. The van der Waals surface area contributed by atoms with Crippen molar-refractivity contribution in [1.29, 1.82) is 0 Å². The van der Waals surface area contributed by atoms with Gasteiger partial charge < -0.3 is 19.5 Å². The molecule has 1 aliphatic carbocycles. The number of rotatable bonds is 8. The third kappa shape index (κ3) is 6.65. The molecular weight excluding hydrogens is 437 g/mol. The Labute approximate surface area is 189 Å². The van der Waals surface area contributed by atoms with E-state index in [9.17, 15) is 17.6 Å². The van der Waals surface area contributed by atoms with E-state index in [-0.39, 0.29) is 17.6 Å². The predicted octanol–water partition coefficient (Wildman–Crippen LogP) is 3.39. The highest BCUT2D eigenvalue weighted by atomic mass is 32.2. The van der Waals surface area contributed by atoms with E-state index in [0.29, 0.717) is 43.0 Å². The number of aliphatic hydroxyl groups is 1. The van der Waals surface area contributed by atoms with Gasteiger partial charge in [-0.1, -0.05) is 6.07 Å². The average molecular weight is 472 g/mol. The molecule has 0 radical (unpaired) electrons. The number of nitrogens with zero attached hydrogens (tertiary/aromatic N) is 1. The number of hydrogen-bond donors (Lipinski definition) is 1. The Morgan fingerprint density at radius 2 is 1.94 bits per heavy atom. The number of aliphatic hydroxyl groups excluding tert-OH is 1. The molecule has 1 aliphatic heterocycles. The number of benzene rings is 1. The molecule has 1 N–H and O–H groups in total. The zero-order valence-corrected chi connectivity index (χ0v) is 19.9. The summed E-state index contributed by atoms with van der Waals surface area (Å²) >= 11 is 0. The van der Waals surface area contributed by atoms with Crippen molar-refractivity contribution in [2.24, 2.45) is 17.8 Å². The molecule has 7 nitrogen and oxygen atoms in total. The van der Waals surface area contributed by atoms with Gasteiger partial charge in [-0.2, -0.15) is 0 Å². The minimum Gasteiger partial charge on any atom is -0.444 e. The van der Waals surface area contributed by atoms with Crippen LogP contribution >= 0.6 is 0 Å². The van der Waals surface area contributed by atoms with Crippen LogP contribution < -0.4 is 0 Å². The second-order valence-electron chi connectivity index (χ2n) is 9.78. The largest absolute Gasteiger partial charge is 0.444 e. The number of carbonyl (C=O) groups excluding carboxylic acids is 1. The van der Waals surface area contributed by atoms with E-state index in [2.05, 4.69) is 0 Å². The summed E-state index contributed by atoms with van der Waals surface area (Å²) in [5.74, 6) is 0.537. The van der Waals surface area contributed by atoms with Gasteiger partial charge in [-0.05, 0) is 69.9 Å². The normalized spacial score (nSPS) is 22.1. The van der Waals surface area contributed by atoms with Crippen molar-refractivity contribution >= 4 is 15.9 Å². The molecule has 0 unspecified atom stereocenters. The molecule has 1 heterocycles. The molecule has 9 heteroatoms. The van der Waals surface area contributed by atoms with Crippen LogP contribution in [0.1, 0.15) is 45.6 Å². The number of ether oxygens (including phenoxy) is 2. The minimum absolute atomic E-state index is 0.0898. The predicted molar refractivity (Wildman–Crippen MR) is 117 cm³/mol. The maximum absolute atomic E-state index is 14.3. The molecule has 1 aromatic carbocycles. The van der Waals surface area contributed by atoms with E-state index in [0.717, 1.165) is 25.3 Å². The first kappa shape index (κ1) is 24.9. The van der Waals surface area contributed by atoms with E-state index in [1.165, 1.54) is 12.1 Å². The van der Waals surface area contributed by atoms with Gasteiger partial charge in [0, 0.05) is 18.7 Å². The number of likely N-dealkylation sites (tertiary alicyclic amines) is 1. The van der Waals surface area contributed by atoms with Gasteiger partial charge in [0.05, 0.1) is 30.5 Å². The highest BCUT2D eigenvalue weighted by molar-refractivity contribution is 7.91. The lowest BCUT2D eigenvalue weighted by atomic mass is 9.91. The zero-order chi connectivity index (χ0) is 23.5. The summed E-state index contributed by atoms with van der Waals surface area (Å²) < 4.78 is 49.3. The first-order chi connectivity index (χ1) is 15.0. The SMILES string of the molecule is CC(C)(C)OC(=O)N1CCC([C@H]2C[C@H]2COCc2ccc(S(=O)(=O)CCO)cc2F)CC1. The number of hydrogen-bond acceptors (Lipinski definition) is 6. The highest BCUT2D eigenvalue weighted by Crippen LogP contribution is 2.48. The first-order valence-electron chi connectivity index (χ1n) is 11.2. The third-order valence-electron chi connectivity index (χ3n) is 6.11. The molecule has 1 amide bonds. The quantitative estimate of drug-likeness (QED) is 0.625. The van der Waals surface area contributed by atoms with Crippen molar-refractivity contribution in [1.82, 2.24) is 4.90 Å². The van der Waals surface area contributed by atoms with Gasteiger partial charge in [0.15, 0.2) is 9.84 Å². The lowest BCUT2D eigenvalue weighted by Gasteiger charge is -2.33. The van der Waals surface area contributed by atoms with Gasteiger partial charge in [0.25, 0.3) is 0 Å². The number of halogens is 1. The second kappa shape index (κ2) is 10.1. The van der Waals surface area contributed by atoms with Crippen molar-refractivity contribution in [3.63, 3.8) is 0 Å². The molecule has 0 bridgehead atoms. The molecule has 3 rings (SSSR count). The molecule has 1 saturated heterocycles. The first-order valence-corrected chi connectivity index (χ1v) is 12.8. The average Bonchev–Trinajstić information content (AvgIpc) is 3.47. The van der Waals surface area contributed by atoms with Crippen LogP contribution in [0, 0.1) is 23.6 Å². The summed E-state index contributed by atoms with van der Waals surface area (Å²) in [7, 11) is -3.68. The Kier molecular flexibility index (Phi) is 7.83. The third-order valence-corrected chi connectivity index (χ3v) is 7.80. The Morgan fingerprint density at radius 1 is 1.25 bits per heavy atom. The summed E-state index contributed by atoms with van der Waals surface area (Å²) in [6.45, 7) is 7.15. The molecule has 2 aliphatic rings. The maximum atomic E-state index is 14.3. The van der Waals surface area contributed by atoms with Gasteiger partial charge >= 0.3 is 6.09 Å². The van der Waals surface area contributed by atoms with Crippen molar-refractivity contribution in [2.75, 3.05) is 32.1 Å². The highest BCUT2D eigenvalue weighted by Gasteiger charge is 2.44. The maximum Gasteiger partial charge on any atom is 0.410 e. The Morgan fingerprint density at radius 3 is 2.53 bits per heavy atom. The van der Waals surface area contributed by atoms with Gasteiger partial charge in [-0.3, -0.25) is 0 Å². The molecule has 32 heavy (non-hydrogen) atoms. The molecule has 2 atom stereocenters. The molecule has 1 saturated carbocycles. The number of amides is 1. The smallest absolute Gasteiger partial charge is 0.410 e. The van der Waals surface area contributed by atoms with E-state index in [1.807, 2.05) is 20.8 Å². The van der Waals surface area contributed by atoms with Crippen LogP contribution in [-0.2, 0) is 25.9 Å². The lowest BCUT2D eigenvalue weighted by molar-refractivity contribution is 0.0169. The van der Waals surface area contributed by atoms with Gasteiger partial charge in [0.2, 0.25) is 0 Å². The summed E-state index contributed by atoms with van der Waals surface area (Å²) in [6, 6.07) is 3.77. The number of carbonyl (C=O) groups is 1. The number of sulfone groups is 1. The monoisotopic (exact) mass is 471 g/mol.